The van der Waals surface area contributed by atoms with Gasteiger partial charge in [-0.1, -0.05) is 30.3 Å². The molecule has 0 fully saturated rings. The van der Waals surface area contributed by atoms with Crippen molar-refractivity contribution >= 4 is 13.6 Å². The lowest BCUT2D eigenvalue weighted by Crippen LogP contribution is -2.13. The number of rotatable bonds is 8. The van der Waals surface area contributed by atoms with Gasteiger partial charge >= 0.3 is 13.6 Å². The van der Waals surface area contributed by atoms with E-state index in [1.807, 2.05) is 30.3 Å². The van der Waals surface area contributed by atoms with Crippen LogP contribution >= 0.6 is 7.60 Å². The molecule has 0 N–H and O–H groups in total. The first-order chi connectivity index (χ1) is 9.09. The number of carbonyl (C=O) groups excluding carboxylic acids is 1. The third kappa shape index (κ3) is 6.01. The highest BCUT2D eigenvalue weighted by Gasteiger charge is 2.28. The molecule has 6 heteroatoms. The standard InChI is InChI=1S/C13H19O5P/c1-3-17-19(15,18-4-2)11-13(14)16-10-12-8-6-5-7-9-12/h5-9H,3-4,10-11H2,1-2H3. The second-order valence-electron chi connectivity index (χ2n) is 3.75. The van der Waals surface area contributed by atoms with Crippen molar-refractivity contribution in [2.75, 3.05) is 19.4 Å². The van der Waals surface area contributed by atoms with Gasteiger partial charge in [0.1, 0.15) is 12.8 Å². The minimum Gasteiger partial charge on any atom is -0.460 e. The molecule has 0 atom stereocenters. The van der Waals surface area contributed by atoms with Crippen LogP contribution in [0.2, 0.25) is 0 Å². The zero-order chi connectivity index (χ0) is 14.1. The second-order valence-corrected chi connectivity index (χ2v) is 5.81. The molecule has 0 amide bonds. The van der Waals surface area contributed by atoms with Gasteiger partial charge in [-0.05, 0) is 19.4 Å². The lowest BCUT2D eigenvalue weighted by atomic mass is 10.2. The lowest BCUT2D eigenvalue weighted by molar-refractivity contribution is -0.142. The van der Waals surface area contributed by atoms with Crippen LogP contribution in [0, 0.1) is 0 Å². The average Bonchev–Trinajstić information content (AvgIpc) is 2.38. The quantitative estimate of drug-likeness (QED) is 0.543. The maximum atomic E-state index is 12.1. The van der Waals surface area contributed by atoms with Gasteiger partial charge < -0.3 is 13.8 Å². The highest BCUT2D eigenvalue weighted by atomic mass is 31.2. The summed E-state index contributed by atoms with van der Waals surface area (Å²) < 4.78 is 27.2. The number of esters is 1. The highest BCUT2D eigenvalue weighted by molar-refractivity contribution is 7.54. The van der Waals surface area contributed by atoms with Gasteiger partial charge in [-0.25, -0.2) is 0 Å². The molecule has 19 heavy (non-hydrogen) atoms. The zero-order valence-electron chi connectivity index (χ0n) is 11.2. The van der Waals surface area contributed by atoms with E-state index in [0.29, 0.717) is 0 Å². The van der Waals surface area contributed by atoms with Gasteiger partial charge in [-0.15, -0.1) is 0 Å². The van der Waals surface area contributed by atoms with Crippen LogP contribution in [-0.2, 0) is 29.8 Å². The molecule has 0 unspecified atom stereocenters. The molecule has 1 aromatic carbocycles. The van der Waals surface area contributed by atoms with Crippen LogP contribution in [0.25, 0.3) is 0 Å². The summed E-state index contributed by atoms with van der Waals surface area (Å²) >= 11 is 0. The van der Waals surface area contributed by atoms with Crippen LogP contribution in [-0.4, -0.2) is 25.3 Å². The third-order valence-electron chi connectivity index (χ3n) is 2.22. The van der Waals surface area contributed by atoms with Gasteiger partial charge in [0.2, 0.25) is 0 Å². The molecule has 1 aromatic rings. The fourth-order valence-corrected chi connectivity index (χ4v) is 2.92. The van der Waals surface area contributed by atoms with Gasteiger partial charge in [0.25, 0.3) is 0 Å². The van der Waals surface area contributed by atoms with Gasteiger partial charge in [-0.2, -0.15) is 0 Å². The predicted octanol–water partition coefficient (Wildman–Crippen LogP) is 3.00. The molecule has 1 rings (SSSR count). The fraction of sp³-hybridized carbons (Fsp3) is 0.462. The first-order valence-corrected chi connectivity index (χ1v) is 7.90. The van der Waals surface area contributed by atoms with Crippen LogP contribution in [0.1, 0.15) is 19.4 Å². The van der Waals surface area contributed by atoms with Gasteiger partial charge in [0.15, 0.2) is 0 Å². The van der Waals surface area contributed by atoms with E-state index in [-0.39, 0.29) is 26.0 Å². The summed E-state index contributed by atoms with van der Waals surface area (Å²) in [6.07, 6.45) is -0.360. The molecule has 0 saturated heterocycles. The Morgan fingerprint density at radius 2 is 1.68 bits per heavy atom. The Labute approximate surface area is 113 Å². The molecule has 106 valence electrons. The van der Waals surface area contributed by atoms with Crippen LogP contribution in [0.4, 0.5) is 0 Å². The van der Waals surface area contributed by atoms with E-state index in [4.69, 9.17) is 13.8 Å². The largest absolute Gasteiger partial charge is 0.460 e. The summed E-state index contributed by atoms with van der Waals surface area (Å²) in [5.41, 5.74) is 0.874. The molecule has 5 nitrogen and oxygen atoms in total. The summed E-state index contributed by atoms with van der Waals surface area (Å²) in [4.78, 5) is 11.6. The van der Waals surface area contributed by atoms with E-state index in [9.17, 15) is 9.36 Å². The van der Waals surface area contributed by atoms with Gasteiger partial charge in [0, 0.05) is 0 Å². The second kappa shape index (κ2) is 8.10. The SMILES string of the molecule is CCOP(=O)(CC(=O)OCc1ccccc1)OCC. The molecular weight excluding hydrogens is 267 g/mol. The highest BCUT2D eigenvalue weighted by Crippen LogP contribution is 2.47. The van der Waals surface area contributed by atoms with Gasteiger partial charge in [0.05, 0.1) is 13.2 Å². The normalized spacial score (nSPS) is 11.3. The van der Waals surface area contributed by atoms with E-state index < -0.39 is 13.6 Å². The Bertz CT molecular complexity index is 422. The van der Waals surface area contributed by atoms with Crippen LogP contribution in [0.5, 0.6) is 0 Å². The number of hydrogen-bond acceptors (Lipinski definition) is 5. The summed E-state index contributed by atoms with van der Waals surface area (Å²) in [5, 5.41) is 0. The van der Waals surface area contributed by atoms with Crippen molar-refractivity contribution in [1.29, 1.82) is 0 Å². The molecule has 0 spiro atoms. The van der Waals surface area contributed by atoms with Crippen LogP contribution in [0.15, 0.2) is 30.3 Å². The van der Waals surface area contributed by atoms with E-state index >= 15 is 0 Å². The summed E-state index contributed by atoms with van der Waals surface area (Å²) in [6.45, 7) is 3.99. The Hall–Kier alpha value is -1.16. The molecule has 0 aliphatic carbocycles. The van der Waals surface area contributed by atoms with Crippen molar-refractivity contribution < 1.29 is 23.1 Å². The minimum atomic E-state index is -3.37. The number of hydrogen-bond donors (Lipinski definition) is 0. The first kappa shape index (κ1) is 15.9. The Kier molecular flexibility index (Phi) is 6.78. The van der Waals surface area contributed by atoms with Crippen LogP contribution < -0.4 is 0 Å². The van der Waals surface area contributed by atoms with E-state index in [1.165, 1.54) is 0 Å². The van der Waals surface area contributed by atoms with Crippen LogP contribution in [0.3, 0.4) is 0 Å². The summed E-state index contributed by atoms with van der Waals surface area (Å²) in [7, 11) is -3.37. The molecule has 0 aliphatic heterocycles. The Balaban J connectivity index is 2.47. The van der Waals surface area contributed by atoms with E-state index in [1.54, 1.807) is 13.8 Å². The molecule has 0 saturated carbocycles. The minimum absolute atomic E-state index is 0.151. The predicted molar refractivity (Wildman–Crippen MR) is 72.0 cm³/mol. The van der Waals surface area contributed by atoms with Crippen molar-refractivity contribution in [1.82, 2.24) is 0 Å². The maximum absolute atomic E-state index is 12.1. The number of benzene rings is 1. The first-order valence-electron chi connectivity index (χ1n) is 6.17. The topological polar surface area (TPSA) is 61.8 Å². The number of ether oxygens (including phenoxy) is 1. The molecular formula is C13H19O5P. The molecule has 0 radical (unpaired) electrons. The summed E-state index contributed by atoms with van der Waals surface area (Å²) in [5.74, 6) is -0.589. The van der Waals surface area contributed by atoms with Gasteiger partial charge in [-0.3, -0.25) is 9.36 Å². The van der Waals surface area contributed by atoms with Crippen molar-refractivity contribution in [2.45, 2.75) is 20.5 Å². The maximum Gasteiger partial charge on any atom is 0.341 e. The number of carbonyl (C=O) groups is 1. The molecule has 0 aromatic heterocycles. The summed E-state index contributed by atoms with van der Waals surface area (Å²) in [6, 6.07) is 9.28. The van der Waals surface area contributed by atoms with Crippen molar-refractivity contribution in [3.05, 3.63) is 35.9 Å². The molecule has 0 bridgehead atoms. The lowest BCUT2D eigenvalue weighted by Gasteiger charge is -2.16. The Morgan fingerprint density at radius 1 is 1.11 bits per heavy atom. The molecule has 0 aliphatic rings. The Morgan fingerprint density at radius 3 is 2.21 bits per heavy atom. The average molecular weight is 286 g/mol. The third-order valence-corrected chi connectivity index (χ3v) is 4.17. The van der Waals surface area contributed by atoms with E-state index in [2.05, 4.69) is 0 Å². The van der Waals surface area contributed by atoms with Crippen molar-refractivity contribution in [2.24, 2.45) is 0 Å². The monoisotopic (exact) mass is 286 g/mol. The van der Waals surface area contributed by atoms with E-state index in [0.717, 1.165) is 5.56 Å². The smallest absolute Gasteiger partial charge is 0.341 e. The zero-order valence-corrected chi connectivity index (χ0v) is 12.1. The van der Waals surface area contributed by atoms with Crippen molar-refractivity contribution in [3.8, 4) is 0 Å². The molecule has 0 heterocycles. The fourth-order valence-electron chi connectivity index (χ4n) is 1.46. The van der Waals surface area contributed by atoms with Crippen molar-refractivity contribution in [3.63, 3.8) is 0 Å².